The van der Waals surface area contributed by atoms with Crippen LogP contribution < -0.4 is 0 Å². The van der Waals surface area contributed by atoms with Gasteiger partial charge in [0.2, 0.25) is 5.82 Å². The van der Waals surface area contributed by atoms with Gasteiger partial charge in [0.25, 0.3) is 0 Å². The molecular weight excluding hydrogens is 444 g/mol. The number of aryl methyl sites for hydroxylation is 2. The van der Waals surface area contributed by atoms with E-state index in [0.717, 1.165) is 28.3 Å². The van der Waals surface area contributed by atoms with Crippen molar-refractivity contribution in [1.29, 1.82) is 0 Å². The summed E-state index contributed by atoms with van der Waals surface area (Å²) in [6.45, 7) is 6.08. The van der Waals surface area contributed by atoms with Crippen molar-refractivity contribution in [2.75, 3.05) is 5.75 Å². The van der Waals surface area contributed by atoms with E-state index >= 15 is 0 Å². The second-order valence-corrected chi connectivity index (χ2v) is 9.06. The van der Waals surface area contributed by atoms with Crippen LogP contribution in [0.15, 0.2) is 88.6 Å². The molecule has 3 heterocycles. The van der Waals surface area contributed by atoms with E-state index in [1.54, 1.807) is 6.26 Å². The van der Waals surface area contributed by atoms with Gasteiger partial charge in [0, 0.05) is 28.3 Å². The number of benzene rings is 2. The monoisotopic (exact) mass is 468 g/mol. The van der Waals surface area contributed by atoms with Crippen molar-refractivity contribution in [2.24, 2.45) is 0 Å². The zero-order chi connectivity index (χ0) is 23.7. The lowest BCUT2D eigenvalue weighted by molar-refractivity contribution is 0.102. The van der Waals surface area contributed by atoms with E-state index in [1.165, 1.54) is 17.3 Å². The first-order valence-electron chi connectivity index (χ1n) is 11.0. The molecule has 3 aromatic heterocycles. The van der Waals surface area contributed by atoms with E-state index in [1.807, 2.05) is 66.9 Å². The fourth-order valence-electron chi connectivity index (χ4n) is 4.08. The van der Waals surface area contributed by atoms with E-state index < -0.39 is 0 Å². The van der Waals surface area contributed by atoms with Gasteiger partial charge in [-0.2, -0.15) is 0 Å². The Morgan fingerprint density at radius 1 is 0.882 bits per heavy atom. The van der Waals surface area contributed by atoms with Crippen LogP contribution in [0.1, 0.15) is 27.3 Å². The molecule has 0 spiro atoms. The van der Waals surface area contributed by atoms with Crippen molar-refractivity contribution in [3.05, 3.63) is 102 Å². The van der Waals surface area contributed by atoms with Crippen LogP contribution in [-0.4, -0.2) is 30.9 Å². The molecule has 0 amide bonds. The van der Waals surface area contributed by atoms with Gasteiger partial charge < -0.3 is 8.98 Å². The number of carbonyl (C=O) groups excluding carboxylic acids is 1. The van der Waals surface area contributed by atoms with Crippen LogP contribution in [0.25, 0.3) is 23.0 Å². The molecule has 0 N–H and O–H groups in total. The average Bonchev–Trinajstić information content (AvgIpc) is 3.58. The van der Waals surface area contributed by atoms with Crippen molar-refractivity contribution < 1.29 is 9.21 Å². The smallest absolute Gasteiger partial charge is 0.205 e. The Morgan fingerprint density at radius 2 is 1.62 bits per heavy atom. The van der Waals surface area contributed by atoms with E-state index in [4.69, 9.17) is 4.42 Å². The van der Waals surface area contributed by atoms with Crippen LogP contribution in [0.3, 0.4) is 0 Å². The topological polar surface area (TPSA) is 65.8 Å². The first-order valence-corrected chi connectivity index (χ1v) is 12.0. The summed E-state index contributed by atoms with van der Waals surface area (Å²) in [5, 5.41) is 9.36. The molecule has 0 saturated heterocycles. The zero-order valence-electron chi connectivity index (χ0n) is 19.2. The number of Topliss-reactive ketones (excluding diaryl/α,β-unsaturated/α-hetero) is 1. The molecule has 0 aliphatic rings. The first-order chi connectivity index (χ1) is 16.5. The predicted molar refractivity (Wildman–Crippen MR) is 134 cm³/mol. The summed E-state index contributed by atoms with van der Waals surface area (Å²) in [6.07, 6.45) is 1.61. The number of hydrogen-bond donors (Lipinski definition) is 0. The number of furan rings is 1. The molecule has 0 radical (unpaired) electrons. The Kier molecular flexibility index (Phi) is 5.94. The van der Waals surface area contributed by atoms with Crippen LogP contribution in [0, 0.1) is 20.8 Å². The number of ketones is 1. The highest BCUT2D eigenvalue weighted by Gasteiger charge is 2.21. The molecule has 34 heavy (non-hydrogen) atoms. The summed E-state index contributed by atoms with van der Waals surface area (Å²) in [6, 6.07) is 23.8. The Morgan fingerprint density at radius 3 is 2.32 bits per heavy atom. The largest absolute Gasteiger partial charge is 0.461 e. The van der Waals surface area contributed by atoms with Gasteiger partial charge in [-0.05, 0) is 63.2 Å². The molecule has 0 bridgehead atoms. The minimum atomic E-state index is 0.0543. The lowest BCUT2D eigenvalue weighted by Crippen LogP contribution is -2.07. The molecular formula is C27H24N4O2S. The number of para-hydroxylation sites is 1. The highest BCUT2D eigenvalue weighted by Crippen LogP contribution is 2.29. The van der Waals surface area contributed by atoms with E-state index in [0.29, 0.717) is 16.7 Å². The molecule has 0 atom stereocenters. The number of rotatable bonds is 7. The maximum Gasteiger partial charge on any atom is 0.205 e. The molecule has 0 fully saturated rings. The lowest BCUT2D eigenvalue weighted by atomic mass is 10.2. The van der Waals surface area contributed by atoms with Gasteiger partial charge in [-0.15, -0.1) is 10.2 Å². The van der Waals surface area contributed by atoms with Crippen molar-refractivity contribution in [3.63, 3.8) is 0 Å². The minimum absolute atomic E-state index is 0.0543. The Balaban J connectivity index is 1.43. The van der Waals surface area contributed by atoms with Crippen LogP contribution >= 0.6 is 11.8 Å². The first kappa shape index (κ1) is 22.0. The predicted octanol–water partition coefficient (Wildman–Crippen LogP) is 6.22. The fraction of sp³-hybridized carbons (Fsp3) is 0.148. The number of nitrogens with zero attached hydrogens (tertiary/aromatic N) is 4. The molecule has 5 rings (SSSR count). The molecule has 5 aromatic rings. The van der Waals surface area contributed by atoms with Gasteiger partial charge >= 0.3 is 0 Å². The number of aromatic nitrogens is 4. The van der Waals surface area contributed by atoms with Crippen LogP contribution in [0.5, 0.6) is 0 Å². The maximum atomic E-state index is 13.3. The maximum absolute atomic E-state index is 13.3. The third kappa shape index (κ3) is 4.10. The summed E-state index contributed by atoms with van der Waals surface area (Å²) in [5.41, 5.74) is 5.86. The highest BCUT2D eigenvalue weighted by atomic mass is 32.2. The number of carbonyl (C=O) groups is 1. The zero-order valence-corrected chi connectivity index (χ0v) is 20.0. The molecule has 6 nitrogen and oxygen atoms in total. The number of thioether (sulfide) groups is 1. The van der Waals surface area contributed by atoms with Gasteiger partial charge in [0.1, 0.15) is 0 Å². The average molecular weight is 469 g/mol. The SMILES string of the molecule is Cc1ccc(-n2c(C)cc(C(=O)CSc3nnc(-c4ccco4)n3-c3ccccc3)c2C)cc1. The summed E-state index contributed by atoms with van der Waals surface area (Å²) < 4.78 is 9.62. The molecule has 170 valence electrons. The Hall–Kier alpha value is -3.84. The molecule has 0 aliphatic carbocycles. The second kappa shape index (κ2) is 9.19. The standard InChI is InChI=1S/C27H24N4O2S/c1-18-11-13-22(14-12-18)30-19(2)16-23(20(30)3)24(32)17-34-27-29-28-26(25-10-7-15-33-25)31(27)21-8-5-4-6-9-21/h4-16H,17H2,1-3H3. The van der Waals surface area contributed by atoms with E-state index in [2.05, 4.69) is 46.0 Å². The van der Waals surface area contributed by atoms with Crippen LogP contribution in [0.4, 0.5) is 0 Å². The van der Waals surface area contributed by atoms with Crippen molar-refractivity contribution in [3.8, 4) is 23.0 Å². The van der Waals surface area contributed by atoms with Crippen LogP contribution in [0.2, 0.25) is 0 Å². The summed E-state index contributed by atoms with van der Waals surface area (Å²) in [7, 11) is 0. The number of hydrogen-bond acceptors (Lipinski definition) is 5. The lowest BCUT2D eigenvalue weighted by Gasteiger charge is -2.10. The summed E-state index contributed by atoms with van der Waals surface area (Å²) in [5.74, 6) is 1.53. The fourth-order valence-corrected chi connectivity index (χ4v) is 4.92. The third-order valence-electron chi connectivity index (χ3n) is 5.75. The van der Waals surface area contributed by atoms with Gasteiger partial charge in [-0.1, -0.05) is 47.7 Å². The third-order valence-corrected chi connectivity index (χ3v) is 6.67. The Labute approximate surface area is 202 Å². The quantitative estimate of drug-likeness (QED) is 0.210. The van der Waals surface area contributed by atoms with Gasteiger partial charge in [0.05, 0.1) is 12.0 Å². The normalized spacial score (nSPS) is 11.1. The van der Waals surface area contributed by atoms with Gasteiger partial charge in [0.15, 0.2) is 16.7 Å². The summed E-state index contributed by atoms with van der Waals surface area (Å²) in [4.78, 5) is 13.3. The summed E-state index contributed by atoms with van der Waals surface area (Å²) >= 11 is 1.37. The van der Waals surface area contributed by atoms with E-state index in [9.17, 15) is 4.79 Å². The second-order valence-electron chi connectivity index (χ2n) is 8.12. The van der Waals surface area contributed by atoms with Gasteiger partial charge in [-0.25, -0.2) is 0 Å². The molecule has 0 unspecified atom stereocenters. The van der Waals surface area contributed by atoms with Gasteiger partial charge in [-0.3, -0.25) is 9.36 Å². The molecule has 0 saturated carbocycles. The molecule has 2 aromatic carbocycles. The minimum Gasteiger partial charge on any atom is -0.461 e. The van der Waals surface area contributed by atoms with E-state index in [-0.39, 0.29) is 11.5 Å². The van der Waals surface area contributed by atoms with Crippen molar-refractivity contribution in [2.45, 2.75) is 25.9 Å². The molecule has 7 heteroatoms. The van der Waals surface area contributed by atoms with Crippen LogP contribution in [-0.2, 0) is 0 Å². The molecule has 0 aliphatic heterocycles. The Bertz CT molecular complexity index is 1430. The van der Waals surface area contributed by atoms with Crippen molar-refractivity contribution in [1.82, 2.24) is 19.3 Å². The van der Waals surface area contributed by atoms with Crippen molar-refractivity contribution >= 4 is 17.5 Å². The highest BCUT2D eigenvalue weighted by molar-refractivity contribution is 7.99.